The fourth-order valence-electron chi connectivity index (χ4n) is 4.95. The monoisotopic (exact) mass is 550 g/mol. The van der Waals surface area contributed by atoms with E-state index in [0.29, 0.717) is 5.56 Å². The predicted octanol–water partition coefficient (Wildman–Crippen LogP) is 9.90. The zero-order chi connectivity index (χ0) is 28.1. The Morgan fingerprint density at radius 3 is 2.28 bits per heavy atom. The van der Waals surface area contributed by atoms with E-state index < -0.39 is 0 Å². The highest BCUT2D eigenvalue weighted by Gasteiger charge is 2.21. The third-order valence-electron chi connectivity index (χ3n) is 7.20. The van der Waals surface area contributed by atoms with Crippen molar-refractivity contribution >= 4 is 23.4 Å². The molecule has 2 aromatic rings. The second-order valence-corrected chi connectivity index (χ2v) is 13.1. The minimum atomic E-state index is -0.122. The van der Waals surface area contributed by atoms with Crippen molar-refractivity contribution in [2.75, 3.05) is 17.8 Å². The Morgan fingerprint density at radius 1 is 0.949 bits per heavy atom. The van der Waals surface area contributed by atoms with Gasteiger partial charge in [-0.3, -0.25) is 4.79 Å². The summed E-state index contributed by atoms with van der Waals surface area (Å²) < 4.78 is 6.23. The molecule has 1 amide bonds. The van der Waals surface area contributed by atoms with E-state index in [-0.39, 0.29) is 11.3 Å². The second-order valence-electron chi connectivity index (χ2n) is 11.9. The molecule has 5 heteroatoms. The Bertz CT molecular complexity index is 1070. The van der Waals surface area contributed by atoms with Crippen LogP contribution in [0.15, 0.2) is 53.6 Å². The molecule has 39 heavy (non-hydrogen) atoms. The molecule has 0 bridgehead atoms. The van der Waals surface area contributed by atoms with Crippen LogP contribution >= 0.6 is 11.8 Å². The molecule has 4 nitrogen and oxygen atoms in total. The molecule has 0 aromatic heterocycles. The van der Waals surface area contributed by atoms with E-state index in [1.165, 1.54) is 68.3 Å². The summed E-state index contributed by atoms with van der Waals surface area (Å²) in [5.41, 5.74) is 3.62. The Balaban J connectivity index is 1.50. The van der Waals surface area contributed by atoms with Crippen LogP contribution in [0.25, 0.3) is 0 Å². The minimum Gasteiger partial charge on any atom is -0.493 e. The number of carbonyl (C=O) groups excluding carboxylic acids is 1. The zero-order valence-electron chi connectivity index (χ0n) is 25.0. The second kappa shape index (κ2) is 16.0. The molecule has 1 aliphatic heterocycles. The number of rotatable bonds is 16. The number of unbranched alkanes of at least 4 members (excludes halogenated alkanes) is 9. The van der Waals surface area contributed by atoms with Crippen LogP contribution in [0.2, 0.25) is 0 Å². The van der Waals surface area contributed by atoms with Crippen molar-refractivity contribution in [2.24, 2.45) is 0 Å². The molecule has 1 heterocycles. The topological polar surface area (TPSA) is 41.6 Å². The molecule has 214 valence electrons. The van der Waals surface area contributed by atoms with Gasteiger partial charge in [0, 0.05) is 29.6 Å². The van der Waals surface area contributed by atoms with Crippen LogP contribution < -0.4 is 10.1 Å². The third-order valence-corrected chi connectivity index (χ3v) is 8.22. The first-order chi connectivity index (χ1) is 18.8. The van der Waals surface area contributed by atoms with E-state index in [1.54, 1.807) is 0 Å². The van der Waals surface area contributed by atoms with Crippen molar-refractivity contribution in [3.8, 4) is 5.75 Å². The Labute approximate surface area is 242 Å². The summed E-state index contributed by atoms with van der Waals surface area (Å²) in [4.78, 5) is 16.8. The number of nitrogens with zero attached hydrogens (tertiary/aromatic N) is 1. The van der Waals surface area contributed by atoms with Crippen LogP contribution in [-0.2, 0) is 12.0 Å². The maximum Gasteiger partial charge on any atom is 0.255 e. The van der Waals surface area contributed by atoms with Crippen molar-refractivity contribution in [3.63, 3.8) is 0 Å². The van der Waals surface area contributed by atoms with Crippen LogP contribution in [0.1, 0.15) is 120 Å². The molecule has 3 rings (SSSR count). The standard InChI is InChI=1S/C34H50N2O2S/c1-6-7-8-9-10-11-12-13-14-15-21-38-32-20-19-29(23-31(32)34(3,4)5)33(37)35-30-18-16-17-28(22-30)25-36-24-27(2)39-26-36/h16-20,22-24H,6-15,21,25-26H2,1-5H3,(H,35,37). The fraction of sp³-hybridized carbons (Fsp3) is 0.559. The van der Waals surface area contributed by atoms with Gasteiger partial charge in [-0.25, -0.2) is 0 Å². The lowest BCUT2D eigenvalue weighted by molar-refractivity contribution is 0.102. The molecular weight excluding hydrogens is 500 g/mol. The van der Waals surface area contributed by atoms with E-state index in [4.69, 9.17) is 4.74 Å². The molecule has 0 spiro atoms. The van der Waals surface area contributed by atoms with E-state index in [0.717, 1.165) is 42.4 Å². The summed E-state index contributed by atoms with van der Waals surface area (Å²) in [7, 11) is 0. The number of thioether (sulfide) groups is 1. The molecule has 2 aromatic carbocycles. The van der Waals surface area contributed by atoms with Gasteiger partial charge in [-0.15, -0.1) is 11.8 Å². The molecule has 0 radical (unpaired) electrons. The van der Waals surface area contributed by atoms with Crippen molar-refractivity contribution in [1.82, 2.24) is 4.90 Å². The van der Waals surface area contributed by atoms with Crippen LogP contribution in [-0.4, -0.2) is 23.3 Å². The molecule has 0 aliphatic carbocycles. The molecule has 0 unspecified atom stereocenters. The van der Waals surface area contributed by atoms with E-state index >= 15 is 0 Å². The van der Waals surface area contributed by atoms with Crippen LogP contribution in [0.4, 0.5) is 5.69 Å². The van der Waals surface area contributed by atoms with E-state index in [1.807, 2.05) is 42.1 Å². The van der Waals surface area contributed by atoms with Gasteiger partial charge in [0.05, 0.1) is 12.5 Å². The number of hydrogen-bond donors (Lipinski definition) is 1. The number of allylic oxidation sites excluding steroid dienone is 1. The van der Waals surface area contributed by atoms with Gasteiger partial charge < -0.3 is 15.0 Å². The fourth-order valence-corrected chi connectivity index (χ4v) is 5.71. The first-order valence-corrected chi connectivity index (χ1v) is 16.0. The van der Waals surface area contributed by atoms with Gasteiger partial charge in [0.2, 0.25) is 0 Å². The Morgan fingerprint density at radius 2 is 1.64 bits per heavy atom. The lowest BCUT2D eigenvalue weighted by Crippen LogP contribution is -2.18. The van der Waals surface area contributed by atoms with E-state index in [2.05, 4.69) is 63.2 Å². The average molecular weight is 551 g/mol. The van der Waals surface area contributed by atoms with Gasteiger partial charge in [0.1, 0.15) is 5.75 Å². The van der Waals surface area contributed by atoms with Crippen LogP contribution in [0, 0.1) is 0 Å². The number of hydrogen-bond acceptors (Lipinski definition) is 4. The first-order valence-electron chi connectivity index (χ1n) is 15.0. The summed E-state index contributed by atoms with van der Waals surface area (Å²) in [5.74, 6) is 1.78. The highest BCUT2D eigenvalue weighted by Crippen LogP contribution is 2.33. The van der Waals surface area contributed by atoms with Gasteiger partial charge >= 0.3 is 0 Å². The summed E-state index contributed by atoms with van der Waals surface area (Å²) >= 11 is 1.86. The number of amides is 1. The molecule has 0 saturated carbocycles. The molecular formula is C34H50N2O2S. The lowest BCUT2D eigenvalue weighted by atomic mass is 9.85. The zero-order valence-corrected chi connectivity index (χ0v) is 25.8. The maximum atomic E-state index is 13.2. The number of carbonyl (C=O) groups is 1. The minimum absolute atomic E-state index is 0.0913. The summed E-state index contributed by atoms with van der Waals surface area (Å²) in [6.07, 6.45) is 15.3. The largest absolute Gasteiger partial charge is 0.493 e. The van der Waals surface area contributed by atoms with Crippen molar-refractivity contribution in [3.05, 3.63) is 70.3 Å². The van der Waals surface area contributed by atoms with Gasteiger partial charge in [-0.05, 0) is 59.6 Å². The smallest absolute Gasteiger partial charge is 0.255 e. The first kappa shape index (κ1) is 31.1. The lowest BCUT2D eigenvalue weighted by Gasteiger charge is -2.24. The molecule has 0 atom stereocenters. The third kappa shape index (κ3) is 10.9. The molecule has 1 aliphatic rings. The predicted molar refractivity (Wildman–Crippen MR) is 169 cm³/mol. The van der Waals surface area contributed by atoms with Crippen molar-refractivity contribution < 1.29 is 9.53 Å². The van der Waals surface area contributed by atoms with Gasteiger partial charge in [-0.1, -0.05) is 97.6 Å². The highest BCUT2D eigenvalue weighted by atomic mass is 32.2. The quantitative estimate of drug-likeness (QED) is 0.211. The highest BCUT2D eigenvalue weighted by molar-refractivity contribution is 8.03. The maximum absolute atomic E-state index is 13.2. The van der Waals surface area contributed by atoms with Crippen molar-refractivity contribution in [1.29, 1.82) is 0 Å². The summed E-state index contributed by atoms with van der Waals surface area (Å²) in [6.45, 7) is 12.5. The number of nitrogens with one attached hydrogen (secondary N) is 1. The number of ether oxygens (including phenoxy) is 1. The number of benzene rings is 2. The van der Waals surface area contributed by atoms with Crippen molar-refractivity contribution in [2.45, 2.75) is 111 Å². The number of anilines is 1. The molecule has 1 N–H and O–H groups in total. The van der Waals surface area contributed by atoms with Gasteiger partial charge in [0.25, 0.3) is 5.91 Å². The average Bonchev–Trinajstić information content (AvgIpc) is 3.31. The Kier molecular flexibility index (Phi) is 12.8. The Hall–Kier alpha value is -2.40. The molecule has 0 saturated heterocycles. The van der Waals surface area contributed by atoms with Crippen LogP contribution in [0.3, 0.4) is 0 Å². The SMILES string of the molecule is CCCCCCCCCCCCOc1ccc(C(=O)Nc2cccc(CN3C=C(C)SC3)c2)cc1C(C)(C)C. The molecule has 0 fully saturated rings. The van der Waals surface area contributed by atoms with E-state index in [9.17, 15) is 4.79 Å². The van der Waals surface area contributed by atoms with Gasteiger partial charge in [-0.2, -0.15) is 0 Å². The normalized spacial score (nSPS) is 13.5. The van der Waals surface area contributed by atoms with Crippen LogP contribution in [0.5, 0.6) is 5.75 Å². The van der Waals surface area contributed by atoms with Gasteiger partial charge in [0.15, 0.2) is 0 Å². The summed E-state index contributed by atoms with van der Waals surface area (Å²) in [5, 5.41) is 3.10. The summed E-state index contributed by atoms with van der Waals surface area (Å²) in [6, 6.07) is 14.0.